The van der Waals surface area contributed by atoms with Gasteiger partial charge in [0.05, 0.1) is 7.11 Å². The van der Waals surface area contributed by atoms with Crippen LogP contribution < -0.4 is 20.7 Å². The van der Waals surface area contributed by atoms with Gasteiger partial charge in [0, 0.05) is 0 Å². The van der Waals surface area contributed by atoms with Crippen molar-refractivity contribution in [3.8, 4) is 5.75 Å². The van der Waals surface area contributed by atoms with Crippen molar-refractivity contribution in [1.29, 1.82) is 0 Å². The van der Waals surface area contributed by atoms with Gasteiger partial charge in [-0.05, 0) is 46.3 Å². The van der Waals surface area contributed by atoms with Crippen molar-refractivity contribution in [1.82, 2.24) is 0 Å². The summed E-state index contributed by atoms with van der Waals surface area (Å²) in [6, 6.07) is 41.0. The van der Waals surface area contributed by atoms with E-state index in [9.17, 15) is 0 Å². The molecule has 28 heavy (non-hydrogen) atoms. The molecule has 4 aromatic rings. The number of rotatable bonds is 5. The minimum Gasteiger partial charge on any atom is -0.497 e. The first kappa shape index (κ1) is 18.3. The molecule has 0 radical (unpaired) electrons. The highest BCUT2D eigenvalue weighted by molar-refractivity contribution is 7.94. The molecule has 4 aromatic carbocycles. The summed E-state index contributed by atoms with van der Waals surface area (Å²) >= 11 is 0. The van der Waals surface area contributed by atoms with Crippen LogP contribution in [-0.4, -0.2) is 12.9 Å². The zero-order chi connectivity index (χ0) is 19.2. The predicted octanol–water partition coefficient (Wildman–Crippen LogP) is 4.84. The standard InChI is InChI=1S/C26H23OP/c1-27-23-19-17-22(18-20-23)21-28(24-11-5-2-6-12-24,25-13-7-3-8-14-25)26-15-9-4-10-16-26/h2-21H,1H3. The van der Waals surface area contributed by atoms with Gasteiger partial charge in [-0.1, -0.05) is 103 Å². The van der Waals surface area contributed by atoms with Gasteiger partial charge in [0.25, 0.3) is 0 Å². The largest absolute Gasteiger partial charge is 0.497 e. The van der Waals surface area contributed by atoms with Crippen LogP contribution in [0.3, 0.4) is 0 Å². The van der Waals surface area contributed by atoms with E-state index in [2.05, 4.69) is 109 Å². The first-order chi connectivity index (χ1) is 13.8. The van der Waals surface area contributed by atoms with E-state index in [1.54, 1.807) is 7.11 Å². The number of benzene rings is 4. The molecule has 4 rings (SSSR count). The summed E-state index contributed by atoms with van der Waals surface area (Å²) in [4.78, 5) is 0. The Morgan fingerprint density at radius 1 is 0.536 bits per heavy atom. The summed E-state index contributed by atoms with van der Waals surface area (Å²) in [5.41, 5.74) is 1.20. The molecule has 0 heterocycles. The molecule has 0 aromatic heterocycles. The Kier molecular flexibility index (Phi) is 5.46. The quantitative estimate of drug-likeness (QED) is 0.449. The van der Waals surface area contributed by atoms with Gasteiger partial charge in [-0.25, -0.2) is 0 Å². The first-order valence-electron chi connectivity index (χ1n) is 9.38. The van der Waals surface area contributed by atoms with Gasteiger partial charge in [0.2, 0.25) is 0 Å². The lowest BCUT2D eigenvalue weighted by atomic mass is 10.2. The molecule has 0 aliphatic carbocycles. The second kappa shape index (κ2) is 8.33. The van der Waals surface area contributed by atoms with Gasteiger partial charge < -0.3 is 4.74 Å². The zero-order valence-corrected chi connectivity index (χ0v) is 16.8. The van der Waals surface area contributed by atoms with Crippen molar-refractivity contribution in [2.75, 3.05) is 7.11 Å². The monoisotopic (exact) mass is 382 g/mol. The molecule has 0 unspecified atom stereocenters. The van der Waals surface area contributed by atoms with Crippen LogP contribution in [0.15, 0.2) is 115 Å². The van der Waals surface area contributed by atoms with Crippen molar-refractivity contribution in [2.45, 2.75) is 0 Å². The van der Waals surface area contributed by atoms with Gasteiger partial charge in [-0.15, -0.1) is 0 Å². The smallest absolute Gasteiger partial charge is 0.118 e. The van der Waals surface area contributed by atoms with E-state index in [1.807, 2.05) is 12.1 Å². The minimum atomic E-state index is -1.96. The summed E-state index contributed by atoms with van der Waals surface area (Å²) in [5, 5.41) is 4.05. The third-order valence-electron chi connectivity index (χ3n) is 4.95. The van der Waals surface area contributed by atoms with Crippen molar-refractivity contribution >= 4 is 28.6 Å². The highest BCUT2D eigenvalue weighted by Crippen LogP contribution is 2.44. The van der Waals surface area contributed by atoms with Crippen molar-refractivity contribution < 1.29 is 4.74 Å². The van der Waals surface area contributed by atoms with Crippen LogP contribution >= 0.6 is 6.89 Å². The van der Waals surface area contributed by atoms with Crippen molar-refractivity contribution in [3.63, 3.8) is 0 Å². The first-order valence-corrected chi connectivity index (χ1v) is 11.2. The fourth-order valence-electron chi connectivity index (χ4n) is 3.57. The van der Waals surface area contributed by atoms with E-state index < -0.39 is 6.89 Å². The molecular weight excluding hydrogens is 359 g/mol. The Morgan fingerprint density at radius 2 is 0.929 bits per heavy atom. The molecule has 0 saturated heterocycles. The van der Waals surface area contributed by atoms with Crippen LogP contribution in [0.1, 0.15) is 5.56 Å². The molecule has 0 fully saturated rings. The van der Waals surface area contributed by atoms with Crippen LogP contribution in [0, 0.1) is 0 Å². The Balaban J connectivity index is 2.07. The second-order valence-corrected chi connectivity index (χ2v) is 9.88. The van der Waals surface area contributed by atoms with E-state index in [1.165, 1.54) is 21.5 Å². The van der Waals surface area contributed by atoms with Gasteiger partial charge in [-0.3, -0.25) is 0 Å². The number of hydrogen-bond donors (Lipinski definition) is 0. The molecule has 0 aliphatic heterocycles. The number of ether oxygens (including phenoxy) is 1. The van der Waals surface area contributed by atoms with E-state index in [-0.39, 0.29) is 0 Å². The molecule has 0 N–H and O–H groups in total. The van der Waals surface area contributed by atoms with E-state index >= 15 is 0 Å². The van der Waals surface area contributed by atoms with Crippen LogP contribution in [0.5, 0.6) is 5.75 Å². The molecule has 0 spiro atoms. The Labute approximate surface area is 167 Å². The average molecular weight is 382 g/mol. The highest BCUT2D eigenvalue weighted by atomic mass is 31.2. The maximum Gasteiger partial charge on any atom is 0.118 e. The van der Waals surface area contributed by atoms with Gasteiger partial charge in [0.15, 0.2) is 0 Å². The van der Waals surface area contributed by atoms with Gasteiger partial charge in [-0.2, -0.15) is 0 Å². The number of methoxy groups -OCH3 is 1. The summed E-state index contributed by atoms with van der Waals surface area (Å²) in [7, 11) is 1.70. The second-order valence-electron chi connectivity index (χ2n) is 6.63. The van der Waals surface area contributed by atoms with Crippen LogP contribution in [0.25, 0.3) is 0 Å². The topological polar surface area (TPSA) is 9.23 Å². The van der Waals surface area contributed by atoms with Crippen LogP contribution in [0.2, 0.25) is 0 Å². The molecule has 0 amide bonds. The maximum absolute atomic E-state index is 5.35. The Morgan fingerprint density at radius 3 is 1.29 bits per heavy atom. The van der Waals surface area contributed by atoms with Crippen molar-refractivity contribution in [3.05, 3.63) is 121 Å². The zero-order valence-electron chi connectivity index (χ0n) is 15.9. The lowest BCUT2D eigenvalue weighted by Gasteiger charge is -2.29. The SMILES string of the molecule is COc1ccc(C=P(c2ccccc2)(c2ccccc2)c2ccccc2)cc1. The van der Waals surface area contributed by atoms with E-state index in [0.717, 1.165) is 5.75 Å². The summed E-state index contributed by atoms with van der Waals surface area (Å²) < 4.78 is 5.35. The normalized spacial score (nSPS) is 11.0. The lowest BCUT2D eigenvalue weighted by Crippen LogP contribution is -2.27. The summed E-state index contributed by atoms with van der Waals surface area (Å²) in [5.74, 6) is 3.34. The minimum absolute atomic E-state index is 0.875. The fourth-order valence-corrected chi connectivity index (χ4v) is 7.46. The molecule has 0 aliphatic rings. The maximum atomic E-state index is 5.35. The third kappa shape index (κ3) is 3.54. The van der Waals surface area contributed by atoms with Gasteiger partial charge in [0.1, 0.15) is 5.75 Å². The van der Waals surface area contributed by atoms with Gasteiger partial charge >= 0.3 is 0 Å². The molecular formula is C26H23OP. The fraction of sp³-hybridized carbons (Fsp3) is 0.0385. The lowest BCUT2D eigenvalue weighted by molar-refractivity contribution is 0.415. The molecule has 0 bridgehead atoms. The van der Waals surface area contributed by atoms with Crippen molar-refractivity contribution in [2.24, 2.45) is 0 Å². The molecule has 1 nitrogen and oxygen atoms in total. The molecule has 2 heteroatoms. The third-order valence-corrected chi connectivity index (χ3v) is 8.97. The highest BCUT2D eigenvalue weighted by Gasteiger charge is 2.24. The molecule has 138 valence electrons. The van der Waals surface area contributed by atoms with Crippen LogP contribution in [-0.2, 0) is 0 Å². The van der Waals surface area contributed by atoms with Crippen LogP contribution in [0.4, 0.5) is 0 Å². The summed E-state index contributed by atoms with van der Waals surface area (Å²) in [6.07, 6.45) is 0. The van der Waals surface area contributed by atoms with E-state index in [4.69, 9.17) is 4.74 Å². The summed E-state index contributed by atoms with van der Waals surface area (Å²) in [6.45, 7) is -1.96. The van der Waals surface area contributed by atoms with E-state index in [0.29, 0.717) is 0 Å². The Bertz CT molecular complexity index is 966. The predicted molar refractivity (Wildman–Crippen MR) is 123 cm³/mol. The molecule has 0 saturated carbocycles. The number of hydrogen-bond acceptors (Lipinski definition) is 1. The Hall–Kier alpha value is -3.02. The average Bonchev–Trinajstić information content (AvgIpc) is 2.80. The molecule has 0 atom stereocenters.